The third-order valence-corrected chi connectivity index (χ3v) is 2.88. The number of hydrogen-bond acceptors (Lipinski definition) is 2. The predicted molar refractivity (Wildman–Crippen MR) is 65.2 cm³/mol. The van der Waals surface area contributed by atoms with Gasteiger partial charge in [0.1, 0.15) is 5.69 Å². The summed E-state index contributed by atoms with van der Waals surface area (Å²) in [6.45, 7) is 2.02. The molecule has 0 unspecified atom stereocenters. The van der Waals surface area contributed by atoms with Crippen LogP contribution < -0.4 is 11.3 Å². The minimum absolute atomic E-state index is 0.155. The third kappa shape index (κ3) is 1.43. The molecule has 0 aliphatic carbocycles. The van der Waals surface area contributed by atoms with Crippen LogP contribution >= 0.6 is 0 Å². The fraction of sp³-hybridized carbons (Fsp3) is 0.250. The van der Waals surface area contributed by atoms with Crippen LogP contribution in [0.4, 0.5) is 5.69 Å². The van der Waals surface area contributed by atoms with E-state index in [1.807, 2.05) is 38.2 Å². The molecule has 4 nitrogen and oxygen atoms in total. The molecular weight excluding hydrogens is 202 g/mol. The normalized spacial score (nSPS) is 10.7. The highest BCUT2D eigenvalue weighted by atomic mass is 16.1. The summed E-state index contributed by atoms with van der Waals surface area (Å²) in [5.41, 5.74) is 8.88. The summed E-state index contributed by atoms with van der Waals surface area (Å²) in [6.07, 6.45) is 0. The van der Waals surface area contributed by atoms with E-state index in [1.165, 1.54) is 10.2 Å². The molecule has 16 heavy (non-hydrogen) atoms. The summed E-state index contributed by atoms with van der Waals surface area (Å²) in [7, 11) is 3.53. The molecule has 2 N–H and O–H groups in total. The number of nitrogen functional groups attached to an aromatic ring is 1. The van der Waals surface area contributed by atoms with Crippen LogP contribution in [0.2, 0.25) is 0 Å². The summed E-state index contributed by atoms with van der Waals surface area (Å²) in [6, 6.07) is 7.96. The van der Waals surface area contributed by atoms with Crippen LogP contribution in [-0.4, -0.2) is 9.36 Å². The van der Waals surface area contributed by atoms with Gasteiger partial charge < -0.3 is 5.73 Å². The molecule has 1 heterocycles. The maximum atomic E-state index is 11.7. The van der Waals surface area contributed by atoms with Crippen molar-refractivity contribution in [3.8, 4) is 11.3 Å². The van der Waals surface area contributed by atoms with E-state index in [-0.39, 0.29) is 5.56 Å². The lowest BCUT2D eigenvalue weighted by Crippen LogP contribution is -2.18. The highest BCUT2D eigenvalue weighted by Gasteiger charge is 2.14. The van der Waals surface area contributed by atoms with Gasteiger partial charge in [-0.1, -0.05) is 29.8 Å². The summed E-state index contributed by atoms with van der Waals surface area (Å²) >= 11 is 0. The summed E-state index contributed by atoms with van der Waals surface area (Å²) in [5, 5.41) is 0. The monoisotopic (exact) mass is 217 g/mol. The van der Waals surface area contributed by atoms with Gasteiger partial charge in [-0.05, 0) is 6.92 Å². The van der Waals surface area contributed by atoms with Crippen molar-refractivity contribution in [2.24, 2.45) is 14.1 Å². The Morgan fingerprint density at radius 3 is 2.06 bits per heavy atom. The van der Waals surface area contributed by atoms with E-state index >= 15 is 0 Å². The SMILES string of the molecule is Cc1ccc(-c2c(N)c(=O)n(C)n2C)cc1. The van der Waals surface area contributed by atoms with Crippen molar-refractivity contribution in [2.75, 3.05) is 5.73 Å². The Morgan fingerprint density at radius 1 is 1.06 bits per heavy atom. The number of aryl methyl sites for hydroxylation is 1. The Kier molecular flexibility index (Phi) is 2.34. The second-order valence-electron chi connectivity index (χ2n) is 3.98. The second-order valence-corrected chi connectivity index (χ2v) is 3.98. The first kappa shape index (κ1) is 10.5. The van der Waals surface area contributed by atoms with Gasteiger partial charge in [-0.3, -0.25) is 14.2 Å². The van der Waals surface area contributed by atoms with Gasteiger partial charge >= 0.3 is 0 Å². The van der Waals surface area contributed by atoms with Crippen molar-refractivity contribution >= 4 is 5.69 Å². The summed E-state index contributed by atoms with van der Waals surface area (Å²) in [5.74, 6) is 0. The smallest absolute Gasteiger partial charge is 0.290 e. The van der Waals surface area contributed by atoms with E-state index in [4.69, 9.17) is 5.73 Å². The van der Waals surface area contributed by atoms with E-state index in [0.717, 1.165) is 11.3 Å². The first-order chi connectivity index (χ1) is 7.52. The zero-order valence-corrected chi connectivity index (χ0v) is 9.69. The molecule has 0 spiro atoms. The molecule has 0 aliphatic heterocycles. The predicted octanol–water partition coefficient (Wildman–Crippen LogP) is 1.28. The number of nitrogens with zero attached hydrogens (tertiary/aromatic N) is 2. The molecule has 0 radical (unpaired) electrons. The van der Waals surface area contributed by atoms with Gasteiger partial charge in [0.05, 0.1) is 5.69 Å². The van der Waals surface area contributed by atoms with E-state index in [9.17, 15) is 4.79 Å². The van der Waals surface area contributed by atoms with Gasteiger partial charge in [-0.2, -0.15) is 0 Å². The highest BCUT2D eigenvalue weighted by Crippen LogP contribution is 2.23. The highest BCUT2D eigenvalue weighted by molar-refractivity contribution is 5.72. The van der Waals surface area contributed by atoms with Gasteiger partial charge in [0, 0.05) is 19.7 Å². The van der Waals surface area contributed by atoms with Gasteiger partial charge in [-0.15, -0.1) is 0 Å². The largest absolute Gasteiger partial charge is 0.392 e. The number of aromatic nitrogens is 2. The molecule has 84 valence electrons. The number of benzene rings is 1. The topological polar surface area (TPSA) is 53.0 Å². The van der Waals surface area contributed by atoms with Crippen LogP contribution in [0.1, 0.15) is 5.56 Å². The van der Waals surface area contributed by atoms with E-state index < -0.39 is 0 Å². The van der Waals surface area contributed by atoms with E-state index in [0.29, 0.717) is 5.69 Å². The summed E-state index contributed by atoms with van der Waals surface area (Å²) < 4.78 is 3.27. The number of hydrogen-bond donors (Lipinski definition) is 1. The fourth-order valence-corrected chi connectivity index (χ4v) is 1.79. The van der Waals surface area contributed by atoms with Crippen LogP contribution in [-0.2, 0) is 14.1 Å². The zero-order valence-electron chi connectivity index (χ0n) is 9.69. The zero-order chi connectivity index (χ0) is 11.9. The minimum atomic E-state index is -0.155. The number of rotatable bonds is 1. The molecule has 0 atom stereocenters. The molecule has 0 saturated heterocycles. The molecule has 4 heteroatoms. The lowest BCUT2D eigenvalue weighted by atomic mass is 10.1. The Balaban J connectivity index is 2.69. The molecule has 0 saturated carbocycles. The van der Waals surface area contributed by atoms with Crippen molar-refractivity contribution in [1.82, 2.24) is 9.36 Å². The van der Waals surface area contributed by atoms with Crippen molar-refractivity contribution in [1.29, 1.82) is 0 Å². The number of anilines is 1. The van der Waals surface area contributed by atoms with E-state index in [1.54, 1.807) is 11.7 Å². The Morgan fingerprint density at radius 2 is 1.62 bits per heavy atom. The Bertz CT molecular complexity index is 576. The average molecular weight is 217 g/mol. The lowest BCUT2D eigenvalue weighted by molar-refractivity contribution is 0.584. The van der Waals surface area contributed by atoms with Crippen molar-refractivity contribution in [3.05, 3.63) is 40.2 Å². The van der Waals surface area contributed by atoms with E-state index in [2.05, 4.69) is 0 Å². The van der Waals surface area contributed by atoms with Crippen molar-refractivity contribution in [2.45, 2.75) is 6.92 Å². The lowest BCUT2D eigenvalue weighted by Gasteiger charge is -2.06. The Hall–Kier alpha value is -1.97. The molecule has 0 bridgehead atoms. The molecule has 1 aromatic carbocycles. The van der Waals surface area contributed by atoms with Crippen LogP contribution in [0.15, 0.2) is 29.1 Å². The molecule has 0 amide bonds. The molecule has 1 aromatic heterocycles. The average Bonchev–Trinajstić information content (AvgIpc) is 2.46. The van der Waals surface area contributed by atoms with Gasteiger partial charge in [0.25, 0.3) is 5.56 Å². The van der Waals surface area contributed by atoms with Crippen molar-refractivity contribution in [3.63, 3.8) is 0 Å². The molecule has 2 aromatic rings. The molecule has 2 rings (SSSR count). The maximum absolute atomic E-state index is 11.7. The van der Waals surface area contributed by atoms with Gasteiger partial charge in [-0.25, -0.2) is 0 Å². The van der Waals surface area contributed by atoms with Crippen molar-refractivity contribution < 1.29 is 0 Å². The summed E-state index contributed by atoms with van der Waals surface area (Å²) in [4.78, 5) is 11.7. The quantitative estimate of drug-likeness (QED) is 0.782. The standard InChI is InChI=1S/C12H15N3O/c1-8-4-6-9(7-5-8)11-10(13)12(16)15(3)14(11)2/h4-7H,13H2,1-3H3. The van der Waals surface area contributed by atoms with Crippen LogP contribution in [0.25, 0.3) is 11.3 Å². The van der Waals surface area contributed by atoms with Gasteiger partial charge in [0.15, 0.2) is 0 Å². The first-order valence-electron chi connectivity index (χ1n) is 5.11. The molecule has 0 fully saturated rings. The minimum Gasteiger partial charge on any atom is -0.392 e. The fourth-order valence-electron chi connectivity index (χ4n) is 1.79. The number of nitrogens with two attached hydrogens (primary N) is 1. The van der Waals surface area contributed by atoms with Crippen LogP contribution in [0.5, 0.6) is 0 Å². The van der Waals surface area contributed by atoms with Gasteiger partial charge in [0.2, 0.25) is 0 Å². The Labute approximate surface area is 93.9 Å². The molecular formula is C12H15N3O. The molecule has 0 aliphatic rings. The van der Waals surface area contributed by atoms with Crippen LogP contribution in [0.3, 0.4) is 0 Å². The maximum Gasteiger partial charge on any atom is 0.290 e. The van der Waals surface area contributed by atoms with Crippen LogP contribution in [0, 0.1) is 6.92 Å². The second kappa shape index (κ2) is 3.56. The third-order valence-electron chi connectivity index (χ3n) is 2.88. The first-order valence-corrected chi connectivity index (χ1v) is 5.11.